The van der Waals surface area contributed by atoms with Crippen molar-refractivity contribution in [3.05, 3.63) is 89.5 Å². The van der Waals surface area contributed by atoms with Crippen molar-refractivity contribution in [2.24, 2.45) is 0 Å². The summed E-state index contributed by atoms with van der Waals surface area (Å²) in [6.45, 7) is 4.31. The summed E-state index contributed by atoms with van der Waals surface area (Å²) in [7, 11) is 5.86. The summed E-state index contributed by atoms with van der Waals surface area (Å²) in [6.07, 6.45) is 1.36. The quantitative estimate of drug-likeness (QED) is 0.269. The Bertz CT molecular complexity index is 1010. The van der Waals surface area contributed by atoms with Crippen molar-refractivity contribution in [1.82, 2.24) is 16.0 Å². The van der Waals surface area contributed by atoms with Gasteiger partial charge in [0.15, 0.2) is 0 Å². The van der Waals surface area contributed by atoms with Gasteiger partial charge in [-0.1, -0.05) is 36.4 Å². The third-order valence-corrected chi connectivity index (χ3v) is 7.32. The fourth-order valence-corrected chi connectivity index (χ4v) is 4.90. The second kappa shape index (κ2) is 10.1. The molecule has 0 heterocycles. The van der Waals surface area contributed by atoms with E-state index < -0.39 is 16.6 Å². The summed E-state index contributed by atoms with van der Waals surface area (Å²) in [6, 6.07) is 22.0. The van der Waals surface area contributed by atoms with Crippen LogP contribution in [0, 0.1) is 0 Å². The highest BCUT2D eigenvalue weighted by molar-refractivity contribution is 5.37. The third-order valence-electron chi connectivity index (χ3n) is 7.32. The zero-order valence-corrected chi connectivity index (χ0v) is 20.7. The summed E-state index contributed by atoms with van der Waals surface area (Å²) in [5.74, 6) is 0.685. The highest BCUT2D eigenvalue weighted by Gasteiger charge is 2.44. The Morgan fingerprint density at radius 2 is 0.794 bits per heavy atom. The molecule has 0 spiro atoms. The molecule has 2 unspecified atom stereocenters. The lowest BCUT2D eigenvalue weighted by Gasteiger charge is -2.47. The Hall–Kier alpha value is -3.06. The van der Waals surface area contributed by atoms with Crippen LogP contribution in [0.5, 0.6) is 17.2 Å². The fourth-order valence-electron chi connectivity index (χ4n) is 4.90. The van der Waals surface area contributed by atoms with Gasteiger partial charge in [0, 0.05) is 16.6 Å². The van der Waals surface area contributed by atoms with Gasteiger partial charge in [0.25, 0.3) is 0 Å². The molecule has 0 aliphatic heterocycles. The van der Waals surface area contributed by atoms with Crippen LogP contribution in [0.2, 0.25) is 0 Å². The number of phenolic OH excluding ortho intramolecular Hbond substituents is 3. The van der Waals surface area contributed by atoms with Crippen LogP contribution < -0.4 is 16.0 Å². The first kappa shape index (κ1) is 25.6. The topological polar surface area (TPSA) is 96.8 Å². The molecule has 34 heavy (non-hydrogen) atoms. The molecular weight excluding hydrogens is 426 g/mol. The Kier molecular flexibility index (Phi) is 7.56. The fraction of sp³-hybridized carbons (Fsp3) is 0.357. The van der Waals surface area contributed by atoms with Crippen molar-refractivity contribution in [2.45, 2.75) is 43.3 Å². The first-order chi connectivity index (χ1) is 16.1. The SMILES string of the molecule is CNC(C)(CC(CC(C)(NC)c1ccc(O)cc1)(NC)c1ccc(O)cc1)c1ccc(O)cc1. The lowest BCUT2D eigenvalue weighted by molar-refractivity contribution is 0.161. The third kappa shape index (κ3) is 5.20. The molecule has 0 saturated carbocycles. The van der Waals surface area contributed by atoms with E-state index in [1.54, 1.807) is 36.4 Å². The van der Waals surface area contributed by atoms with E-state index in [1.165, 1.54) is 0 Å². The minimum Gasteiger partial charge on any atom is -0.508 e. The van der Waals surface area contributed by atoms with Crippen LogP contribution in [0.1, 0.15) is 43.4 Å². The molecule has 6 heteroatoms. The minimum absolute atomic E-state index is 0.221. The first-order valence-corrected chi connectivity index (χ1v) is 11.5. The average Bonchev–Trinajstić information content (AvgIpc) is 2.84. The van der Waals surface area contributed by atoms with Gasteiger partial charge in [0.2, 0.25) is 0 Å². The maximum atomic E-state index is 9.97. The van der Waals surface area contributed by atoms with Crippen LogP contribution in [-0.2, 0) is 16.6 Å². The number of rotatable bonds is 10. The Morgan fingerprint density at radius 1 is 0.500 bits per heavy atom. The normalized spacial score (nSPS) is 16.9. The van der Waals surface area contributed by atoms with Crippen molar-refractivity contribution in [2.75, 3.05) is 21.1 Å². The van der Waals surface area contributed by atoms with E-state index in [9.17, 15) is 15.3 Å². The Labute approximate surface area is 202 Å². The molecule has 2 atom stereocenters. The van der Waals surface area contributed by atoms with Crippen LogP contribution >= 0.6 is 0 Å². The van der Waals surface area contributed by atoms with Crippen LogP contribution in [0.15, 0.2) is 72.8 Å². The van der Waals surface area contributed by atoms with E-state index in [-0.39, 0.29) is 17.2 Å². The number of benzene rings is 3. The molecule has 3 rings (SSSR count). The maximum Gasteiger partial charge on any atom is 0.115 e. The predicted octanol–water partition coefficient (Wildman–Crippen LogP) is 4.27. The van der Waals surface area contributed by atoms with Gasteiger partial charge in [0.05, 0.1) is 0 Å². The molecular formula is C28H37N3O3. The zero-order valence-electron chi connectivity index (χ0n) is 20.7. The van der Waals surface area contributed by atoms with Crippen LogP contribution in [-0.4, -0.2) is 36.5 Å². The smallest absolute Gasteiger partial charge is 0.115 e. The van der Waals surface area contributed by atoms with E-state index in [0.717, 1.165) is 16.7 Å². The zero-order chi connectivity index (χ0) is 25.0. The number of phenols is 3. The lowest BCUT2D eigenvalue weighted by atomic mass is 9.68. The number of aromatic hydroxyl groups is 3. The molecule has 182 valence electrons. The Balaban J connectivity index is 2.14. The monoisotopic (exact) mass is 463 g/mol. The molecule has 6 N–H and O–H groups in total. The van der Waals surface area contributed by atoms with Gasteiger partial charge in [-0.05, 0) is 101 Å². The van der Waals surface area contributed by atoms with Crippen molar-refractivity contribution in [3.8, 4) is 17.2 Å². The van der Waals surface area contributed by atoms with E-state index in [0.29, 0.717) is 12.8 Å². The van der Waals surface area contributed by atoms with E-state index in [1.807, 2.05) is 57.5 Å². The predicted molar refractivity (Wildman–Crippen MR) is 137 cm³/mol. The van der Waals surface area contributed by atoms with Gasteiger partial charge in [-0.3, -0.25) is 0 Å². The van der Waals surface area contributed by atoms with Crippen molar-refractivity contribution < 1.29 is 15.3 Å². The first-order valence-electron chi connectivity index (χ1n) is 11.5. The van der Waals surface area contributed by atoms with Gasteiger partial charge in [0.1, 0.15) is 17.2 Å². The molecule has 0 radical (unpaired) electrons. The molecule has 0 aliphatic carbocycles. The average molecular weight is 464 g/mol. The summed E-state index contributed by atoms with van der Waals surface area (Å²) < 4.78 is 0. The largest absolute Gasteiger partial charge is 0.508 e. The van der Waals surface area contributed by atoms with Crippen LogP contribution in [0.4, 0.5) is 0 Å². The number of hydrogen-bond acceptors (Lipinski definition) is 6. The standard InChI is InChI=1S/C28H37N3O3/c1-26(29-3,20-6-12-23(32)13-7-20)18-28(31-5,22-10-16-25(34)17-11-22)19-27(2,30-4)21-8-14-24(33)15-9-21/h6-17,29-34H,18-19H2,1-5H3. The second-order valence-electron chi connectivity index (χ2n) is 9.49. The molecule has 0 saturated heterocycles. The number of hydrogen-bond donors (Lipinski definition) is 6. The molecule has 0 bridgehead atoms. The second-order valence-corrected chi connectivity index (χ2v) is 9.49. The summed E-state index contributed by atoms with van der Waals surface area (Å²) in [5.41, 5.74) is 1.78. The molecule has 0 aliphatic rings. The highest BCUT2D eigenvalue weighted by atomic mass is 16.3. The minimum atomic E-state index is -0.515. The Morgan fingerprint density at radius 3 is 1.06 bits per heavy atom. The molecule has 3 aromatic carbocycles. The summed E-state index contributed by atoms with van der Waals surface area (Å²) >= 11 is 0. The van der Waals surface area contributed by atoms with Gasteiger partial charge in [-0.2, -0.15) is 0 Å². The van der Waals surface area contributed by atoms with Crippen LogP contribution in [0.25, 0.3) is 0 Å². The van der Waals surface area contributed by atoms with Crippen molar-refractivity contribution in [1.29, 1.82) is 0 Å². The molecule has 3 aromatic rings. The van der Waals surface area contributed by atoms with Crippen molar-refractivity contribution in [3.63, 3.8) is 0 Å². The van der Waals surface area contributed by atoms with E-state index >= 15 is 0 Å². The molecule has 0 fully saturated rings. The van der Waals surface area contributed by atoms with Crippen molar-refractivity contribution >= 4 is 0 Å². The van der Waals surface area contributed by atoms with E-state index in [2.05, 4.69) is 29.8 Å². The molecule has 0 amide bonds. The van der Waals surface area contributed by atoms with Gasteiger partial charge in [-0.25, -0.2) is 0 Å². The lowest BCUT2D eigenvalue weighted by Crippen LogP contribution is -2.54. The summed E-state index contributed by atoms with van der Waals surface area (Å²) in [4.78, 5) is 0. The molecule has 0 aromatic heterocycles. The molecule has 6 nitrogen and oxygen atoms in total. The van der Waals surface area contributed by atoms with Gasteiger partial charge >= 0.3 is 0 Å². The summed E-state index contributed by atoms with van der Waals surface area (Å²) in [5, 5.41) is 40.3. The maximum absolute atomic E-state index is 9.97. The van der Waals surface area contributed by atoms with E-state index in [4.69, 9.17) is 0 Å². The highest BCUT2D eigenvalue weighted by Crippen LogP contribution is 2.44. The van der Waals surface area contributed by atoms with Gasteiger partial charge < -0.3 is 31.3 Å². The van der Waals surface area contributed by atoms with Gasteiger partial charge in [-0.15, -0.1) is 0 Å². The number of nitrogens with one attached hydrogen (secondary N) is 3. The van der Waals surface area contributed by atoms with Crippen LogP contribution in [0.3, 0.4) is 0 Å².